The van der Waals surface area contributed by atoms with Gasteiger partial charge in [-0.25, -0.2) is 9.59 Å². The van der Waals surface area contributed by atoms with Gasteiger partial charge in [-0.05, 0) is 30.2 Å². The fraction of sp³-hybridized carbons (Fsp3) is 0.267. The zero-order chi connectivity index (χ0) is 15.0. The van der Waals surface area contributed by atoms with Gasteiger partial charge >= 0.3 is 11.9 Å². The Balaban J connectivity index is 2.81. The van der Waals surface area contributed by atoms with Crippen LogP contribution in [-0.4, -0.2) is 23.7 Å². The molecule has 20 heavy (non-hydrogen) atoms. The minimum atomic E-state index is -1.03. The van der Waals surface area contributed by atoms with Crippen LogP contribution in [0.3, 0.4) is 0 Å². The molecule has 0 saturated heterocycles. The molecule has 0 saturated carbocycles. The van der Waals surface area contributed by atoms with Crippen molar-refractivity contribution in [3.63, 3.8) is 0 Å². The second-order valence-corrected chi connectivity index (χ2v) is 4.09. The van der Waals surface area contributed by atoms with Crippen molar-refractivity contribution in [3.05, 3.63) is 41.0 Å². The summed E-state index contributed by atoms with van der Waals surface area (Å²) in [5.74, 6) is -1.69. The number of nitrogens with zero attached hydrogens (tertiary/aromatic N) is 1. The lowest BCUT2D eigenvalue weighted by atomic mass is 10.1. The molecule has 0 radical (unpaired) electrons. The van der Waals surface area contributed by atoms with E-state index in [0.29, 0.717) is 5.56 Å². The Morgan fingerprint density at radius 1 is 1.35 bits per heavy atom. The summed E-state index contributed by atoms with van der Waals surface area (Å²) in [6, 6.07) is 7.66. The monoisotopic (exact) mass is 273 g/mol. The van der Waals surface area contributed by atoms with Crippen molar-refractivity contribution in [2.45, 2.75) is 19.8 Å². The van der Waals surface area contributed by atoms with Crippen LogP contribution in [0, 0.1) is 11.3 Å². The number of carboxylic acids is 1. The van der Waals surface area contributed by atoms with Crippen molar-refractivity contribution in [2.75, 3.05) is 6.61 Å². The van der Waals surface area contributed by atoms with E-state index in [1.54, 1.807) is 6.07 Å². The van der Waals surface area contributed by atoms with Crippen LogP contribution in [-0.2, 0) is 9.53 Å². The second-order valence-electron chi connectivity index (χ2n) is 4.09. The van der Waals surface area contributed by atoms with Crippen molar-refractivity contribution >= 4 is 18.0 Å². The zero-order valence-electron chi connectivity index (χ0n) is 11.1. The fourth-order valence-corrected chi connectivity index (χ4v) is 1.41. The maximum Gasteiger partial charge on any atom is 0.348 e. The highest BCUT2D eigenvalue weighted by Crippen LogP contribution is 2.10. The first-order chi connectivity index (χ1) is 9.58. The lowest BCUT2D eigenvalue weighted by Crippen LogP contribution is -2.07. The first-order valence-electron chi connectivity index (χ1n) is 6.20. The molecule has 0 aliphatic carbocycles. The largest absolute Gasteiger partial charge is 0.478 e. The van der Waals surface area contributed by atoms with Crippen LogP contribution in [0.5, 0.6) is 0 Å². The predicted molar refractivity (Wildman–Crippen MR) is 72.9 cm³/mol. The van der Waals surface area contributed by atoms with E-state index >= 15 is 0 Å². The molecule has 1 aromatic carbocycles. The normalized spacial score (nSPS) is 10.7. The van der Waals surface area contributed by atoms with Crippen molar-refractivity contribution in [3.8, 4) is 6.07 Å². The molecule has 0 aliphatic rings. The summed E-state index contributed by atoms with van der Waals surface area (Å²) >= 11 is 0. The Morgan fingerprint density at radius 2 is 2.00 bits per heavy atom. The quantitative estimate of drug-likeness (QED) is 0.372. The first-order valence-corrected chi connectivity index (χ1v) is 6.20. The summed E-state index contributed by atoms with van der Waals surface area (Å²) in [7, 11) is 0. The molecule has 1 N–H and O–H groups in total. The van der Waals surface area contributed by atoms with Crippen molar-refractivity contribution in [1.29, 1.82) is 5.26 Å². The van der Waals surface area contributed by atoms with Crippen LogP contribution in [0.1, 0.15) is 35.7 Å². The Hall–Kier alpha value is -2.61. The Kier molecular flexibility index (Phi) is 5.98. The summed E-state index contributed by atoms with van der Waals surface area (Å²) < 4.78 is 4.95. The molecule has 0 fully saturated rings. The molecule has 0 atom stereocenters. The number of benzene rings is 1. The molecular weight excluding hydrogens is 258 g/mol. The lowest BCUT2D eigenvalue weighted by molar-refractivity contribution is -0.138. The number of hydrogen-bond donors (Lipinski definition) is 1. The van der Waals surface area contributed by atoms with Gasteiger partial charge in [0.05, 0.1) is 12.2 Å². The van der Waals surface area contributed by atoms with E-state index in [2.05, 4.69) is 0 Å². The maximum atomic E-state index is 11.6. The van der Waals surface area contributed by atoms with Gasteiger partial charge in [-0.15, -0.1) is 0 Å². The van der Waals surface area contributed by atoms with Gasteiger partial charge in [-0.2, -0.15) is 5.26 Å². The zero-order valence-corrected chi connectivity index (χ0v) is 11.1. The minimum Gasteiger partial charge on any atom is -0.478 e. The standard InChI is InChI=1S/C15H15NO4/c1-2-3-8-20-15(19)13(10-16)9-11-4-6-12(7-5-11)14(17)18/h4-7,9H,2-3,8H2,1H3,(H,17,18). The topological polar surface area (TPSA) is 87.4 Å². The van der Waals surface area contributed by atoms with Gasteiger partial charge in [0.2, 0.25) is 0 Å². The molecule has 1 rings (SSSR count). The molecule has 5 nitrogen and oxygen atoms in total. The molecule has 0 bridgehead atoms. The summed E-state index contributed by atoms with van der Waals surface area (Å²) in [4.78, 5) is 22.3. The van der Waals surface area contributed by atoms with Crippen LogP contribution in [0.15, 0.2) is 29.8 Å². The number of ether oxygens (including phenoxy) is 1. The number of aromatic carboxylic acids is 1. The Morgan fingerprint density at radius 3 is 2.50 bits per heavy atom. The fourth-order valence-electron chi connectivity index (χ4n) is 1.41. The van der Waals surface area contributed by atoms with E-state index in [0.717, 1.165) is 12.8 Å². The van der Waals surface area contributed by atoms with Crippen LogP contribution < -0.4 is 0 Å². The maximum absolute atomic E-state index is 11.6. The van der Waals surface area contributed by atoms with E-state index < -0.39 is 11.9 Å². The van der Waals surface area contributed by atoms with Gasteiger partial charge in [0.15, 0.2) is 0 Å². The third kappa shape index (κ3) is 4.58. The first kappa shape index (κ1) is 15.4. The van der Waals surface area contributed by atoms with Crippen LogP contribution >= 0.6 is 0 Å². The van der Waals surface area contributed by atoms with Crippen molar-refractivity contribution < 1.29 is 19.4 Å². The molecule has 0 aromatic heterocycles. The van der Waals surface area contributed by atoms with Gasteiger partial charge in [0.1, 0.15) is 11.6 Å². The molecule has 5 heteroatoms. The van der Waals surface area contributed by atoms with Gasteiger partial charge in [0, 0.05) is 0 Å². The average Bonchev–Trinajstić information content (AvgIpc) is 2.45. The highest BCUT2D eigenvalue weighted by atomic mass is 16.5. The highest BCUT2D eigenvalue weighted by Gasteiger charge is 2.10. The number of carbonyl (C=O) groups excluding carboxylic acids is 1. The van der Waals surface area contributed by atoms with Gasteiger partial charge in [-0.1, -0.05) is 25.5 Å². The Bertz CT molecular complexity index is 552. The predicted octanol–water partition coefficient (Wildman–Crippen LogP) is 2.64. The number of rotatable bonds is 6. The molecule has 1 aromatic rings. The van der Waals surface area contributed by atoms with Crippen LogP contribution in [0.2, 0.25) is 0 Å². The number of carbonyl (C=O) groups is 2. The second kappa shape index (κ2) is 7.74. The van der Waals surface area contributed by atoms with Crippen LogP contribution in [0.4, 0.5) is 0 Å². The smallest absolute Gasteiger partial charge is 0.348 e. The summed E-state index contributed by atoms with van der Waals surface area (Å²) in [6.07, 6.45) is 3.02. The van der Waals surface area contributed by atoms with Crippen molar-refractivity contribution in [2.24, 2.45) is 0 Å². The summed E-state index contributed by atoms with van der Waals surface area (Å²) in [6.45, 7) is 2.26. The third-order valence-electron chi connectivity index (χ3n) is 2.54. The summed E-state index contributed by atoms with van der Waals surface area (Å²) in [5.41, 5.74) is 0.606. The third-order valence-corrected chi connectivity index (χ3v) is 2.54. The van der Waals surface area contributed by atoms with E-state index in [1.807, 2.05) is 6.92 Å². The molecule has 0 unspecified atom stereocenters. The van der Waals surface area contributed by atoms with E-state index in [9.17, 15) is 9.59 Å². The number of hydrogen-bond acceptors (Lipinski definition) is 4. The molecule has 0 heterocycles. The van der Waals surface area contributed by atoms with E-state index in [1.165, 1.54) is 30.3 Å². The van der Waals surface area contributed by atoms with Gasteiger partial charge < -0.3 is 9.84 Å². The number of nitriles is 1. The molecular formula is C15H15NO4. The lowest BCUT2D eigenvalue weighted by Gasteiger charge is -2.02. The van der Waals surface area contributed by atoms with Gasteiger partial charge in [0.25, 0.3) is 0 Å². The SMILES string of the molecule is CCCCOC(=O)C(C#N)=Cc1ccc(C(=O)O)cc1. The van der Waals surface area contributed by atoms with E-state index in [4.69, 9.17) is 15.1 Å². The van der Waals surface area contributed by atoms with Crippen molar-refractivity contribution in [1.82, 2.24) is 0 Å². The number of unbranched alkanes of at least 4 members (excludes halogenated alkanes) is 1. The molecule has 0 aliphatic heterocycles. The molecule has 104 valence electrons. The van der Waals surface area contributed by atoms with Crippen LogP contribution in [0.25, 0.3) is 6.08 Å². The molecule has 0 spiro atoms. The Labute approximate surface area is 117 Å². The number of esters is 1. The number of carboxylic acid groups (broad SMARTS) is 1. The average molecular weight is 273 g/mol. The van der Waals surface area contributed by atoms with Gasteiger partial charge in [-0.3, -0.25) is 0 Å². The van der Waals surface area contributed by atoms with E-state index in [-0.39, 0.29) is 17.7 Å². The minimum absolute atomic E-state index is 0.107. The summed E-state index contributed by atoms with van der Waals surface area (Å²) in [5, 5.41) is 17.7. The molecule has 0 amide bonds. The highest BCUT2D eigenvalue weighted by molar-refractivity contribution is 5.98.